The first-order valence-corrected chi connectivity index (χ1v) is 6.88. The summed E-state index contributed by atoms with van der Waals surface area (Å²) in [5.41, 5.74) is 4.43. The molecule has 0 aliphatic carbocycles. The fourth-order valence-corrected chi connectivity index (χ4v) is 2.68. The Hall–Kier alpha value is -1.71. The lowest BCUT2D eigenvalue weighted by Crippen LogP contribution is -2.19. The Morgan fingerprint density at radius 3 is 2.75 bits per heavy atom. The van der Waals surface area contributed by atoms with Gasteiger partial charge in [-0.15, -0.1) is 0 Å². The smallest absolute Gasteiger partial charge is 0.126 e. The molecule has 0 amide bonds. The molecule has 2 aromatic rings. The van der Waals surface area contributed by atoms with E-state index in [0.29, 0.717) is 19.6 Å². The van der Waals surface area contributed by atoms with Gasteiger partial charge >= 0.3 is 0 Å². The van der Waals surface area contributed by atoms with Gasteiger partial charge < -0.3 is 10.1 Å². The Bertz CT molecular complexity index is 612. The number of hydrogen-bond acceptors (Lipinski definition) is 2. The van der Waals surface area contributed by atoms with Crippen LogP contribution < -0.4 is 5.32 Å². The van der Waals surface area contributed by atoms with Crippen molar-refractivity contribution in [3.8, 4) is 0 Å². The summed E-state index contributed by atoms with van der Waals surface area (Å²) in [5, 5.41) is 3.28. The topological polar surface area (TPSA) is 21.3 Å². The highest BCUT2D eigenvalue weighted by atomic mass is 19.1. The van der Waals surface area contributed by atoms with Gasteiger partial charge in [-0.3, -0.25) is 0 Å². The molecule has 0 aromatic heterocycles. The molecule has 20 heavy (non-hydrogen) atoms. The zero-order valence-electron chi connectivity index (χ0n) is 11.5. The highest BCUT2D eigenvalue weighted by molar-refractivity contribution is 5.35. The molecule has 0 fully saturated rings. The van der Waals surface area contributed by atoms with E-state index in [1.807, 2.05) is 19.2 Å². The van der Waals surface area contributed by atoms with Crippen molar-refractivity contribution in [2.45, 2.75) is 25.7 Å². The number of likely N-dealkylation sites (N-methyl/N-ethyl adjacent to an activating group) is 1. The molecular weight excluding hydrogens is 253 g/mol. The highest BCUT2D eigenvalue weighted by Crippen LogP contribution is 2.26. The van der Waals surface area contributed by atoms with Gasteiger partial charge in [-0.2, -0.15) is 0 Å². The summed E-state index contributed by atoms with van der Waals surface area (Å²) in [6, 6.07) is 13.5. The number of benzene rings is 2. The Morgan fingerprint density at radius 2 is 1.95 bits per heavy atom. The third-order valence-electron chi connectivity index (χ3n) is 3.88. The van der Waals surface area contributed by atoms with Crippen molar-refractivity contribution < 1.29 is 9.13 Å². The second kappa shape index (κ2) is 5.73. The molecule has 0 saturated carbocycles. The summed E-state index contributed by atoms with van der Waals surface area (Å²) >= 11 is 0. The van der Waals surface area contributed by atoms with E-state index in [0.717, 1.165) is 5.56 Å². The highest BCUT2D eigenvalue weighted by Gasteiger charge is 2.16. The molecule has 3 heteroatoms. The first-order chi connectivity index (χ1) is 9.78. The molecule has 2 nitrogen and oxygen atoms in total. The van der Waals surface area contributed by atoms with Gasteiger partial charge in [0.1, 0.15) is 5.82 Å². The van der Waals surface area contributed by atoms with E-state index in [1.54, 1.807) is 6.07 Å². The van der Waals surface area contributed by atoms with Gasteiger partial charge in [0, 0.05) is 6.04 Å². The zero-order chi connectivity index (χ0) is 13.9. The van der Waals surface area contributed by atoms with Crippen LogP contribution in [-0.2, 0) is 24.4 Å². The minimum absolute atomic E-state index is 0.109. The standard InChI is InChI=1S/C17H18FNO/c1-19-17(9-12-4-2-3-5-16(12)18)13-6-7-14-10-20-11-15(14)8-13/h2-8,17,19H,9-11H2,1H3. The Labute approximate surface area is 118 Å². The van der Waals surface area contributed by atoms with E-state index < -0.39 is 0 Å². The van der Waals surface area contributed by atoms with Crippen LogP contribution in [0.15, 0.2) is 42.5 Å². The van der Waals surface area contributed by atoms with Gasteiger partial charge in [0.25, 0.3) is 0 Å². The third-order valence-corrected chi connectivity index (χ3v) is 3.88. The fraction of sp³-hybridized carbons (Fsp3) is 0.294. The third kappa shape index (κ3) is 2.60. The molecule has 1 heterocycles. The van der Waals surface area contributed by atoms with Crippen molar-refractivity contribution in [2.75, 3.05) is 7.05 Å². The Kier molecular flexibility index (Phi) is 3.81. The number of fused-ring (bicyclic) bond motifs is 1. The normalized spacial score (nSPS) is 15.1. The van der Waals surface area contributed by atoms with Crippen LogP contribution >= 0.6 is 0 Å². The molecule has 1 N–H and O–H groups in total. The van der Waals surface area contributed by atoms with Crippen molar-refractivity contribution in [1.29, 1.82) is 0 Å². The SMILES string of the molecule is CNC(Cc1ccccc1F)c1ccc2c(c1)COC2. The molecule has 0 spiro atoms. The Balaban J connectivity index is 1.85. The number of nitrogens with one attached hydrogen (secondary N) is 1. The first-order valence-electron chi connectivity index (χ1n) is 6.88. The summed E-state index contributed by atoms with van der Waals surface area (Å²) in [5.74, 6) is -0.141. The van der Waals surface area contributed by atoms with Crippen LogP contribution in [0.2, 0.25) is 0 Å². The van der Waals surface area contributed by atoms with Crippen molar-refractivity contribution in [3.63, 3.8) is 0 Å². The zero-order valence-corrected chi connectivity index (χ0v) is 11.5. The molecular formula is C17H18FNO. The van der Waals surface area contributed by atoms with Crippen LogP contribution in [0.1, 0.15) is 28.3 Å². The maximum atomic E-state index is 13.8. The maximum absolute atomic E-state index is 13.8. The van der Waals surface area contributed by atoms with Gasteiger partial charge in [-0.25, -0.2) is 4.39 Å². The van der Waals surface area contributed by atoms with Crippen LogP contribution in [0.25, 0.3) is 0 Å². The van der Waals surface area contributed by atoms with E-state index >= 15 is 0 Å². The van der Waals surface area contributed by atoms with Crippen LogP contribution in [0.4, 0.5) is 4.39 Å². The predicted octanol–water partition coefficient (Wildman–Crippen LogP) is 3.36. The molecule has 3 rings (SSSR count). The summed E-state index contributed by atoms with van der Waals surface area (Å²) in [7, 11) is 1.91. The molecule has 1 aliphatic rings. The first kappa shape index (κ1) is 13.3. The van der Waals surface area contributed by atoms with Crippen LogP contribution in [0.5, 0.6) is 0 Å². The van der Waals surface area contributed by atoms with Crippen LogP contribution in [0, 0.1) is 5.82 Å². The summed E-state index contributed by atoms with van der Waals surface area (Å²) in [4.78, 5) is 0. The van der Waals surface area contributed by atoms with Gasteiger partial charge in [0.05, 0.1) is 13.2 Å². The molecule has 0 radical (unpaired) electrons. The lowest BCUT2D eigenvalue weighted by atomic mass is 9.96. The van der Waals surface area contributed by atoms with Gasteiger partial charge in [-0.05, 0) is 41.8 Å². The minimum Gasteiger partial charge on any atom is -0.372 e. The minimum atomic E-state index is -0.141. The lowest BCUT2D eigenvalue weighted by Gasteiger charge is -2.18. The van der Waals surface area contributed by atoms with Crippen molar-refractivity contribution in [3.05, 3.63) is 70.5 Å². The number of ether oxygens (including phenoxy) is 1. The number of halogens is 1. The molecule has 0 saturated heterocycles. The molecule has 0 bridgehead atoms. The molecule has 1 unspecified atom stereocenters. The maximum Gasteiger partial charge on any atom is 0.126 e. The monoisotopic (exact) mass is 271 g/mol. The van der Waals surface area contributed by atoms with E-state index in [1.165, 1.54) is 22.8 Å². The number of rotatable bonds is 4. The summed E-state index contributed by atoms with van der Waals surface area (Å²) in [6.45, 7) is 1.38. The van der Waals surface area contributed by atoms with Gasteiger partial charge in [-0.1, -0.05) is 36.4 Å². The second-order valence-corrected chi connectivity index (χ2v) is 5.16. The van der Waals surface area contributed by atoms with Crippen molar-refractivity contribution in [2.24, 2.45) is 0 Å². The molecule has 104 valence electrons. The van der Waals surface area contributed by atoms with Crippen molar-refractivity contribution in [1.82, 2.24) is 5.32 Å². The molecule has 1 aliphatic heterocycles. The lowest BCUT2D eigenvalue weighted by molar-refractivity contribution is 0.134. The van der Waals surface area contributed by atoms with E-state index in [4.69, 9.17) is 4.74 Å². The summed E-state index contributed by atoms with van der Waals surface area (Å²) < 4.78 is 19.2. The average Bonchev–Trinajstić information content (AvgIpc) is 2.94. The largest absolute Gasteiger partial charge is 0.372 e. The molecule has 2 aromatic carbocycles. The van der Waals surface area contributed by atoms with Gasteiger partial charge in [0.2, 0.25) is 0 Å². The summed E-state index contributed by atoms with van der Waals surface area (Å²) in [6.07, 6.45) is 0.642. The average molecular weight is 271 g/mol. The molecule has 1 atom stereocenters. The van der Waals surface area contributed by atoms with Crippen LogP contribution in [-0.4, -0.2) is 7.05 Å². The predicted molar refractivity (Wildman–Crippen MR) is 76.8 cm³/mol. The van der Waals surface area contributed by atoms with E-state index in [2.05, 4.69) is 23.5 Å². The van der Waals surface area contributed by atoms with E-state index in [-0.39, 0.29) is 11.9 Å². The van der Waals surface area contributed by atoms with Crippen LogP contribution in [0.3, 0.4) is 0 Å². The van der Waals surface area contributed by atoms with Crippen molar-refractivity contribution >= 4 is 0 Å². The number of hydrogen-bond donors (Lipinski definition) is 1. The Morgan fingerprint density at radius 1 is 1.15 bits per heavy atom. The van der Waals surface area contributed by atoms with E-state index in [9.17, 15) is 4.39 Å². The second-order valence-electron chi connectivity index (χ2n) is 5.16. The quantitative estimate of drug-likeness (QED) is 0.920. The fourth-order valence-electron chi connectivity index (χ4n) is 2.68. The van der Waals surface area contributed by atoms with Gasteiger partial charge in [0.15, 0.2) is 0 Å².